The molecule has 0 aromatic rings. The molecular weight excluding hydrogens is 288 g/mol. The van der Waals surface area contributed by atoms with Crippen molar-refractivity contribution in [1.82, 2.24) is 0 Å². The first-order valence-corrected chi connectivity index (χ1v) is 11.0. The van der Waals surface area contributed by atoms with E-state index in [-0.39, 0.29) is 0 Å². The Hall–Kier alpha value is -0.520. The quantitative estimate of drug-likeness (QED) is 0.398. The molecule has 0 N–H and O–H groups in total. The molecule has 0 aromatic carbocycles. The van der Waals surface area contributed by atoms with Crippen molar-refractivity contribution >= 4 is 0 Å². The molecule has 3 aliphatic rings. The van der Waals surface area contributed by atoms with Gasteiger partial charge in [0.2, 0.25) is 0 Å². The third-order valence-corrected chi connectivity index (χ3v) is 9.18. The van der Waals surface area contributed by atoms with Crippen LogP contribution in [0.1, 0.15) is 107 Å². The molecule has 0 bridgehead atoms. The van der Waals surface area contributed by atoms with Crippen LogP contribution in [0.2, 0.25) is 0 Å². The second-order valence-electron chi connectivity index (χ2n) is 8.36. The molecule has 1 saturated carbocycles. The van der Waals surface area contributed by atoms with Crippen LogP contribution in [0.3, 0.4) is 0 Å². The number of hydrogen-bond acceptors (Lipinski definition) is 0. The standard InChI is InChI=1S/C24H40/c1-9-17-19(11-3)22(14-6)23(15-7)20(12-4)18(10-2)21(17,13-5)24(22,23)16-8/h9-16H2,1-8H3. The summed E-state index contributed by atoms with van der Waals surface area (Å²) in [6, 6.07) is 0. The number of allylic oxidation sites excluding steroid dienone is 4. The maximum Gasteiger partial charge on any atom is 0.0197 e. The molecular formula is C24H40. The minimum atomic E-state index is 0.397. The Kier molecular flexibility index (Phi) is 4.18. The maximum atomic E-state index is 2.52. The number of rotatable bonds is 8. The lowest BCUT2D eigenvalue weighted by Gasteiger charge is -2.42. The summed E-state index contributed by atoms with van der Waals surface area (Å²) in [5, 5.41) is 0. The lowest BCUT2D eigenvalue weighted by Crippen LogP contribution is -2.34. The van der Waals surface area contributed by atoms with E-state index in [2.05, 4.69) is 55.4 Å². The molecule has 0 aliphatic heterocycles. The Bertz CT molecular complexity index is 558. The Labute approximate surface area is 151 Å². The van der Waals surface area contributed by atoms with Crippen LogP contribution in [0.15, 0.2) is 22.3 Å². The minimum Gasteiger partial charge on any atom is -0.0647 e. The molecule has 0 atom stereocenters. The number of hydrogen-bond donors (Lipinski definition) is 0. The second-order valence-corrected chi connectivity index (χ2v) is 8.36. The molecule has 0 amide bonds. The highest BCUT2D eigenvalue weighted by Crippen LogP contribution is 3.01. The molecule has 24 heavy (non-hydrogen) atoms. The van der Waals surface area contributed by atoms with Crippen LogP contribution in [-0.4, -0.2) is 0 Å². The summed E-state index contributed by atoms with van der Waals surface area (Å²) < 4.78 is 0. The Balaban J connectivity index is 2.48. The third-order valence-electron chi connectivity index (χ3n) is 9.18. The molecule has 1 fully saturated rings. The van der Waals surface area contributed by atoms with Crippen LogP contribution in [0.5, 0.6) is 0 Å². The molecule has 136 valence electrons. The van der Waals surface area contributed by atoms with E-state index in [4.69, 9.17) is 0 Å². The Morgan fingerprint density at radius 3 is 1.04 bits per heavy atom. The zero-order valence-corrected chi connectivity index (χ0v) is 17.7. The zero-order valence-electron chi connectivity index (χ0n) is 17.7. The van der Waals surface area contributed by atoms with Crippen molar-refractivity contribution in [3.8, 4) is 0 Å². The first-order chi connectivity index (χ1) is 11.5. The fraction of sp³-hybridized carbons (Fsp3) is 0.833. The van der Waals surface area contributed by atoms with Gasteiger partial charge in [-0.05, 0) is 51.4 Å². The Morgan fingerprint density at radius 1 is 0.458 bits per heavy atom. The predicted octanol–water partition coefficient (Wildman–Crippen LogP) is 7.85. The van der Waals surface area contributed by atoms with Gasteiger partial charge in [-0.15, -0.1) is 0 Å². The first-order valence-electron chi connectivity index (χ1n) is 11.0. The van der Waals surface area contributed by atoms with Crippen molar-refractivity contribution in [3.63, 3.8) is 0 Å². The summed E-state index contributed by atoms with van der Waals surface area (Å²) in [7, 11) is 0. The van der Waals surface area contributed by atoms with E-state index in [0.717, 1.165) is 0 Å². The second kappa shape index (κ2) is 5.49. The molecule has 0 nitrogen and oxygen atoms in total. The van der Waals surface area contributed by atoms with E-state index in [1.807, 2.05) is 22.3 Å². The summed E-state index contributed by atoms with van der Waals surface area (Å²) >= 11 is 0. The van der Waals surface area contributed by atoms with Gasteiger partial charge in [0, 0.05) is 21.7 Å². The highest BCUT2D eigenvalue weighted by atomic mass is 15.0. The molecule has 3 rings (SSSR count). The molecule has 3 aliphatic carbocycles. The van der Waals surface area contributed by atoms with Crippen LogP contribution in [0, 0.1) is 21.7 Å². The van der Waals surface area contributed by atoms with Crippen molar-refractivity contribution in [3.05, 3.63) is 22.3 Å². The summed E-state index contributed by atoms with van der Waals surface area (Å²) in [6.45, 7) is 19.8. The molecule has 0 saturated heterocycles. The van der Waals surface area contributed by atoms with Gasteiger partial charge in [-0.25, -0.2) is 0 Å². The van der Waals surface area contributed by atoms with Crippen molar-refractivity contribution in [2.24, 2.45) is 21.7 Å². The largest absolute Gasteiger partial charge is 0.0647 e. The Morgan fingerprint density at radius 2 is 0.833 bits per heavy atom. The van der Waals surface area contributed by atoms with Gasteiger partial charge in [0.05, 0.1) is 0 Å². The van der Waals surface area contributed by atoms with E-state index >= 15 is 0 Å². The summed E-state index contributed by atoms with van der Waals surface area (Å²) in [5.74, 6) is 0. The van der Waals surface area contributed by atoms with Gasteiger partial charge in [0.15, 0.2) is 0 Å². The van der Waals surface area contributed by atoms with Crippen molar-refractivity contribution in [2.45, 2.75) is 107 Å². The van der Waals surface area contributed by atoms with Gasteiger partial charge in [-0.1, -0.05) is 77.7 Å². The fourth-order valence-electron chi connectivity index (χ4n) is 9.59. The molecule has 0 spiro atoms. The van der Waals surface area contributed by atoms with Gasteiger partial charge in [-0.2, -0.15) is 0 Å². The normalized spacial score (nSPS) is 43.0. The van der Waals surface area contributed by atoms with Gasteiger partial charge >= 0.3 is 0 Å². The molecule has 0 heterocycles. The monoisotopic (exact) mass is 328 g/mol. The lowest BCUT2D eigenvalue weighted by atomic mass is 9.61. The average Bonchev–Trinajstić information content (AvgIpc) is 3.00. The molecule has 0 radical (unpaired) electrons. The van der Waals surface area contributed by atoms with Crippen molar-refractivity contribution < 1.29 is 0 Å². The van der Waals surface area contributed by atoms with Crippen molar-refractivity contribution in [2.75, 3.05) is 0 Å². The van der Waals surface area contributed by atoms with Gasteiger partial charge < -0.3 is 0 Å². The lowest BCUT2D eigenvalue weighted by molar-refractivity contribution is 0.178. The summed E-state index contributed by atoms with van der Waals surface area (Å²) in [4.78, 5) is 0. The predicted molar refractivity (Wildman–Crippen MR) is 106 cm³/mol. The van der Waals surface area contributed by atoms with Crippen LogP contribution < -0.4 is 0 Å². The smallest absolute Gasteiger partial charge is 0.0197 e. The van der Waals surface area contributed by atoms with E-state index in [1.165, 1.54) is 51.4 Å². The summed E-state index contributed by atoms with van der Waals surface area (Å²) in [6.07, 6.45) is 10.5. The molecule has 0 heteroatoms. The van der Waals surface area contributed by atoms with Crippen LogP contribution in [0.4, 0.5) is 0 Å². The van der Waals surface area contributed by atoms with Crippen molar-refractivity contribution in [1.29, 1.82) is 0 Å². The SMILES string of the molecule is CCC1=C(CC)C2(CC)C3(CC)C(CC)=C(CC)C1(CC)C23CC. The van der Waals surface area contributed by atoms with E-state index in [9.17, 15) is 0 Å². The zero-order chi connectivity index (χ0) is 18.0. The molecule has 0 aromatic heterocycles. The topological polar surface area (TPSA) is 0 Å². The maximum absolute atomic E-state index is 2.52. The fourth-order valence-corrected chi connectivity index (χ4v) is 9.59. The van der Waals surface area contributed by atoms with E-state index in [1.54, 1.807) is 0 Å². The van der Waals surface area contributed by atoms with Gasteiger partial charge in [-0.3, -0.25) is 0 Å². The van der Waals surface area contributed by atoms with E-state index in [0.29, 0.717) is 21.7 Å². The van der Waals surface area contributed by atoms with Gasteiger partial charge in [0.25, 0.3) is 0 Å². The average molecular weight is 329 g/mol. The van der Waals surface area contributed by atoms with Crippen LogP contribution in [-0.2, 0) is 0 Å². The highest BCUT2D eigenvalue weighted by Gasteiger charge is 2.96. The molecule has 0 unspecified atom stereocenters. The third kappa shape index (κ3) is 1.23. The van der Waals surface area contributed by atoms with Crippen LogP contribution >= 0.6 is 0 Å². The minimum absolute atomic E-state index is 0.397. The first kappa shape index (κ1) is 18.3. The number of fused-ring (bicyclic) bond motifs is 1. The highest BCUT2D eigenvalue weighted by molar-refractivity contribution is 5.69. The summed E-state index contributed by atoms with van der Waals surface area (Å²) in [5.41, 5.74) is 9.43. The van der Waals surface area contributed by atoms with E-state index < -0.39 is 0 Å². The van der Waals surface area contributed by atoms with Gasteiger partial charge in [0.1, 0.15) is 0 Å². The van der Waals surface area contributed by atoms with Crippen LogP contribution in [0.25, 0.3) is 0 Å².